The van der Waals surface area contributed by atoms with Crippen LogP contribution in [0, 0.1) is 0 Å². The van der Waals surface area contributed by atoms with Gasteiger partial charge in [-0.2, -0.15) is 0 Å². The lowest BCUT2D eigenvalue weighted by molar-refractivity contribution is 0.354. The standard InChI is InChI=1S/C15H13BrO2S/c16-12-6-10-4-5-18-15(10)11(7-12)9-19-14-3-1-2-13(17)8-14/h1-3,6-8,17H,4-5,9H2. The average molecular weight is 337 g/mol. The summed E-state index contributed by atoms with van der Waals surface area (Å²) in [5, 5.41) is 9.46. The summed E-state index contributed by atoms with van der Waals surface area (Å²) in [6.45, 7) is 0.773. The molecule has 98 valence electrons. The van der Waals surface area contributed by atoms with E-state index in [2.05, 4.69) is 28.1 Å². The molecule has 0 fully saturated rings. The highest BCUT2D eigenvalue weighted by molar-refractivity contribution is 9.10. The molecule has 0 radical (unpaired) electrons. The number of fused-ring (bicyclic) bond motifs is 1. The van der Waals surface area contributed by atoms with Crippen molar-refractivity contribution >= 4 is 27.7 Å². The lowest BCUT2D eigenvalue weighted by atomic mass is 10.1. The molecule has 0 aromatic heterocycles. The molecule has 0 amide bonds. The lowest BCUT2D eigenvalue weighted by Gasteiger charge is -2.09. The molecule has 0 atom stereocenters. The van der Waals surface area contributed by atoms with Gasteiger partial charge in [-0.1, -0.05) is 22.0 Å². The second kappa shape index (κ2) is 5.47. The highest BCUT2D eigenvalue weighted by Crippen LogP contribution is 2.36. The van der Waals surface area contributed by atoms with Crippen molar-refractivity contribution in [3.63, 3.8) is 0 Å². The Morgan fingerprint density at radius 1 is 1.26 bits per heavy atom. The molecule has 0 unspecified atom stereocenters. The van der Waals surface area contributed by atoms with Crippen molar-refractivity contribution < 1.29 is 9.84 Å². The Kier molecular flexibility index (Phi) is 3.71. The van der Waals surface area contributed by atoms with Crippen LogP contribution in [-0.2, 0) is 12.2 Å². The van der Waals surface area contributed by atoms with Gasteiger partial charge in [-0.15, -0.1) is 11.8 Å². The van der Waals surface area contributed by atoms with Crippen LogP contribution in [0.5, 0.6) is 11.5 Å². The van der Waals surface area contributed by atoms with Crippen molar-refractivity contribution in [2.75, 3.05) is 6.61 Å². The average Bonchev–Trinajstić information content (AvgIpc) is 2.84. The number of rotatable bonds is 3. The van der Waals surface area contributed by atoms with Crippen LogP contribution in [0.25, 0.3) is 0 Å². The third-order valence-electron chi connectivity index (χ3n) is 3.04. The third-order valence-corrected chi connectivity index (χ3v) is 4.54. The minimum absolute atomic E-state index is 0.306. The molecule has 1 heterocycles. The first-order valence-corrected chi connectivity index (χ1v) is 7.86. The molecule has 0 saturated carbocycles. The molecule has 2 nitrogen and oxygen atoms in total. The van der Waals surface area contributed by atoms with Crippen molar-refractivity contribution in [3.8, 4) is 11.5 Å². The van der Waals surface area contributed by atoms with E-state index in [4.69, 9.17) is 4.74 Å². The number of phenolic OH excluding ortho intramolecular Hbond substituents is 1. The van der Waals surface area contributed by atoms with Gasteiger partial charge in [0, 0.05) is 27.1 Å². The Hall–Kier alpha value is -1.13. The van der Waals surface area contributed by atoms with Crippen LogP contribution in [0.4, 0.5) is 0 Å². The number of aromatic hydroxyl groups is 1. The number of hydrogen-bond donors (Lipinski definition) is 1. The Morgan fingerprint density at radius 2 is 2.16 bits per heavy atom. The summed E-state index contributed by atoms with van der Waals surface area (Å²) >= 11 is 5.25. The normalized spacial score (nSPS) is 13.1. The van der Waals surface area contributed by atoms with Crippen molar-refractivity contribution in [3.05, 3.63) is 52.0 Å². The molecule has 2 aromatic rings. The van der Waals surface area contributed by atoms with Crippen molar-refractivity contribution in [2.45, 2.75) is 17.1 Å². The Labute approximate surface area is 124 Å². The number of thioether (sulfide) groups is 1. The fourth-order valence-corrected chi connectivity index (χ4v) is 3.66. The predicted octanol–water partition coefficient (Wildman–Crippen LogP) is 4.38. The smallest absolute Gasteiger partial charge is 0.126 e. The van der Waals surface area contributed by atoms with Crippen LogP contribution in [0.1, 0.15) is 11.1 Å². The maximum atomic E-state index is 9.46. The zero-order valence-corrected chi connectivity index (χ0v) is 12.6. The fraction of sp³-hybridized carbons (Fsp3) is 0.200. The summed E-state index contributed by atoms with van der Waals surface area (Å²) in [6, 6.07) is 11.6. The summed E-state index contributed by atoms with van der Waals surface area (Å²) in [7, 11) is 0. The highest BCUT2D eigenvalue weighted by atomic mass is 79.9. The zero-order valence-electron chi connectivity index (χ0n) is 10.2. The number of phenols is 1. The predicted molar refractivity (Wildman–Crippen MR) is 81.0 cm³/mol. The monoisotopic (exact) mass is 336 g/mol. The van der Waals surface area contributed by atoms with Gasteiger partial charge in [-0.3, -0.25) is 0 Å². The van der Waals surface area contributed by atoms with E-state index in [0.717, 1.165) is 33.9 Å². The Morgan fingerprint density at radius 3 is 3.00 bits per heavy atom. The first-order chi connectivity index (χ1) is 9.22. The topological polar surface area (TPSA) is 29.5 Å². The molecule has 19 heavy (non-hydrogen) atoms. The number of benzene rings is 2. The van der Waals surface area contributed by atoms with Crippen LogP contribution in [-0.4, -0.2) is 11.7 Å². The molecule has 2 aromatic carbocycles. The van der Waals surface area contributed by atoms with E-state index in [1.54, 1.807) is 23.9 Å². The molecule has 0 spiro atoms. The first kappa shape index (κ1) is 12.9. The van der Waals surface area contributed by atoms with E-state index in [9.17, 15) is 5.11 Å². The summed E-state index contributed by atoms with van der Waals surface area (Å²) in [5.41, 5.74) is 2.48. The van der Waals surface area contributed by atoms with Crippen molar-refractivity contribution in [1.82, 2.24) is 0 Å². The molecule has 3 rings (SSSR count). The van der Waals surface area contributed by atoms with Crippen molar-refractivity contribution in [2.24, 2.45) is 0 Å². The molecule has 1 aliphatic rings. The van der Waals surface area contributed by atoms with E-state index in [1.165, 1.54) is 11.1 Å². The van der Waals surface area contributed by atoms with E-state index >= 15 is 0 Å². The minimum atomic E-state index is 0.306. The van der Waals surface area contributed by atoms with Gasteiger partial charge < -0.3 is 9.84 Å². The van der Waals surface area contributed by atoms with Crippen LogP contribution < -0.4 is 4.74 Å². The number of hydrogen-bond acceptors (Lipinski definition) is 3. The molecule has 1 N–H and O–H groups in total. The molecule has 1 aliphatic heterocycles. The highest BCUT2D eigenvalue weighted by Gasteiger charge is 2.17. The van der Waals surface area contributed by atoms with Gasteiger partial charge in [0.05, 0.1) is 6.61 Å². The van der Waals surface area contributed by atoms with Gasteiger partial charge in [0.25, 0.3) is 0 Å². The van der Waals surface area contributed by atoms with Gasteiger partial charge in [0.1, 0.15) is 11.5 Å². The van der Waals surface area contributed by atoms with Crippen LogP contribution in [0.15, 0.2) is 45.8 Å². The summed E-state index contributed by atoms with van der Waals surface area (Å²) < 4.78 is 6.81. The van der Waals surface area contributed by atoms with Gasteiger partial charge in [0.2, 0.25) is 0 Å². The van der Waals surface area contributed by atoms with E-state index in [-0.39, 0.29) is 0 Å². The van der Waals surface area contributed by atoms with E-state index in [1.807, 2.05) is 12.1 Å². The van der Waals surface area contributed by atoms with Gasteiger partial charge in [0.15, 0.2) is 0 Å². The van der Waals surface area contributed by atoms with Gasteiger partial charge in [-0.25, -0.2) is 0 Å². The zero-order chi connectivity index (χ0) is 13.2. The second-order valence-electron chi connectivity index (χ2n) is 4.44. The maximum absolute atomic E-state index is 9.46. The molecule has 0 aliphatic carbocycles. The Bertz CT molecular complexity index is 613. The molecular weight excluding hydrogens is 324 g/mol. The quantitative estimate of drug-likeness (QED) is 0.843. The summed E-state index contributed by atoms with van der Waals surface area (Å²) in [6.07, 6.45) is 0.985. The first-order valence-electron chi connectivity index (χ1n) is 6.08. The summed E-state index contributed by atoms with van der Waals surface area (Å²) in [5.74, 6) is 2.18. The second-order valence-corrected chi connectivity index (χ2v) is 6.40. The third kappa shape index (κ3) is 2.90. The van der Waals surface area contributed by atoms with Crippen LogP contribution >= 0.6 is 27.7 Å². The van der Waals surface area contributed by atoms with Crippen LogP contribution in [0.3, 0.4) is 0 Å². The lowest BCUT2D eigenvalue weighted by Crippen LogP contribution is -1.90. The molecule has 0 bridgehead atoms. The SMILES string of the molecule is Oc1cccc(SCc2cc(Br)cc3c2OCC3)c1. The van der Waals surface area contributed by atoms with Gasteiger partial charge in [-0.05, 0) is 35.9 Å². The van der Waals surface area contributed by atoms with E-state index < -0.39 is 0 Å². The minimum Gasteiger partial charge on any atom is -0.508 e. The van der Waals surface area contributed by atoms with Crippen LogP contribution in [0.2, 0.25) is 0 Å². The van der Waals surface area contributed by atoms with Gasteiger partial charge >= 0.3 is 0 Å². The maximum Gasteiger partial charge on any atom is 0.126 e. The molecule has 4 heteroatoms. The van der Waals surface area contributed by atoms with Crippen molar-refractivity contribution in [1.29, 1.82) is 0 Å². The molecular formula is C15H13BrO2S. The molecule has 0 saturated heterocycles. The number of halogens is 1. The summed E-state index contributed by atoms with van der Waals surface area (Å²) in [4.78, 5) is 1.06. The fourth-order valence-electron chi connectivity index (χ4n) is 2.19. The largest absolute Gasteiger partial charge is 0.508 e. The Balaban J connectivity index is 1.81. The number of ether oxygens (including phenoxy) is 1. The van der Waals surface area contributed by atoms with E-state index in [0.29, 0.717) is 5.75 Å².